The summed E-state index contributed by atoms with van der Waals surface area (Å²) in [4.78, 5) is 25.7. The van der Waals surface area contributed by atoms with Crippen molar-refractivity contribution in [3.8, 4) is 17.2 Å². The number of para-hydroxylation sites is 2. The van der Waals surface area contributed by atoms with Gasteiger partial charge in [-0.3, -0.25) is 4.79 Å². The Labute approximate surface area is 144 Å². The van der Waals surface area contributed by atoms with Crippen LogP contribution in [0.1, 0.15) is 5.56 Å². The fourth-order valence-corrected chi connectivity index (χ4v) is 2.82. The molecule has 2 aliphatic rings. The van der Waals surface area contributed by atoms with Crippen molar-refractivity contribution in [3.63, 3.8) is 0 Å². The first-order valence-corrected chi connectivity index (χ1v) is 7.89. The van der Waals surface area contributed by atoms with Crippen LogP contribution in [-0.2, 0) is 16.1 Å². The zero-order valence-corrected chi connectivity index (χ0v) is 13.4. The van der Waals surface area contributed by atoms with E-state index >= 15 is 0 Å². The van der Waals surface area contributed by atoms with Gasteiger partial charge in [-0.1, -0.05) is 18.2 Å². The van der Waals surface area contributed by atoms with Crippen LogP contribution in [0.3, 0.4) is 0 Å². The van der Waals surface area contributed by atoms with Crippen LogP contribution in [0.4, 0.5) is 5.69 Å². The summed E-state index contributed by atoms with van der Waals surface area (Å²) >= 11 is 0. The maximum atomic E-state index is 12.3. The van der Waals surface area contributed by atoms with Crippen LogP contribution in [0.25, 0.3) is 0 Å². The molecule has 7 heteroatoms. The Balaban J connectivity index is 1.39. The van der Waals surface area contributed by atoms with Gasteiger partial charge in [0.25, 0.3) is 0 Å². The average molecular weight is 340 g/mol. The molecular formula is C18H16N2O5. The van der Waals surface area contributed by atoms with Gasteiger partial charge in [0.1, 0.15) is 6.54 Å². The summed E-state index contributed by atoms with van der Waals surface area (Å²) in [6, 6.07) is 12.7. The quantitative estimate of drug-likeness (QED) is 0.671. The molecule has 128 valence electrons. The molecule has 0 fully saturated rings. The van der Waals surface area contributed by atoms with E-state index in [0.717, 1.165) is 11.3 Å². The van der Waals surface area contributed by atoms with E-state index in [1.807, 2.05) is 30.3 Å². The summed E-state index contributed by atoms with van der Waals surface area (Å²) in [5.74, 6) is 1.31. The zero-order chi connectivity index (χ0) is 17.2. The van der Waals surface area contributed by atoms with E-state index in [-0.39, 0.29) is 31.8 Å². The van der Waals surface area contributed by atoms with Gasteiger partial charge < -0.3 is 24.4 Å². The van der Waals surface area contributed by atoms with Crippen molar-refractivity contribution in [2.24, 2.45) is 0 Å². The topological polar surface area (TPSA) is 77.1 Å². The maximum Gasteiger partial charge on any atom is 0.331 e. The number of carbonyl (C=O) groups is 2. The predicted molar refractivity (Wildman–Crippen MR) is 88.7 cm³/mol. The fourth-order valence-electron chi connectivity index (χ4n) is 2.82. The Hall–Kier alpha value is -3.22. The number of rotatable bonds is 4. The van der Waals surface area contributed by atoms with Crippen molar-refractivity contribution < 1.29 is 23.8 Å². The number of esters is 1. The molecule has 2 heterocycles. The summed E-state index contributed by atoms with van der Waals surface area (Å²) in [5, 5.41) is 2.85. The summed E-state index contributed by atoms with van der Waals surface area (Å²) in [6.45, 7) is 0.718. The summed E-state index contributed by atoms with van der Waals surface area (Å²) in [5.41, 5.74) is 1.65. The van der Waals surface area contributed by atoms with Gasteiger partial charge in [-0.05, 0) is 29.8 Å². The molecule has 0 spiro atoms. The number of fused-ring (bicyclic) bond motifs is 2. The molecule has 2 aromatic rings. The third-order valence-corrected chi connectivity index (χ3v) is 4.01. The Morgan fingerprint density at radius 1 is 1.08 bits per heavy atom. The van der Waals surface area contributed by atoms with Crippen molar-refractivity contribution in [1.82, 2.24) is 5.32 Å². The van der Waals surface area contributed by atoms with Crippen LogP contribution in [0.5, 0.6) is 17.2 Å². The summed E-state index contributed by atoms with van der Waals surface area (Å²) in [7, 11) is 0. The first-order chi connectivity index (χ1) is 12.2. The normalized spacial score (nSPS) is 14.7. The molecule has 2 aliphatic heterocycles. The molecule has 25 heavy (non-hydrogen) atoms. The van der Waals surface area contributed by atoms with Gasteiger partial charge in [0.15, 0.2) is 17.2 Å². The Bertz CT molecular complexity index is 836. The van der Waals surface area contributed by atoms with Gasteiger partial charge in [-0.15, -0.1) is 0 Å². The second-order valence-corrected chi connectivity index (χ2v) is 5.76. The van der Waals surface area contributed by atoms with E-state index in [9.17, 15) is 9.59 Å². The molecule has 4 rings (SSSR count). The van der Waals surface area contributed by atoms with E-state index in [1.54, 1.807) is 17.0 Å². The Kier molecular flexibility index (Phi) is 3.89. The van der Waals surface area contributed by atoms with E-state index in [2.05, 4.69) is 5.32 Å². The maximum absolute atomic E-state index is 12.3. The highest BCUT2D eigenvalue weighted by Crippen LogP contribution is 2.33. The van der Waals surface area contributed by atoms with Crippen molar-refractivity contribution in [2.45, 2.75) is 6.54 Å². The van der Waals surface area contributed by atoms with Crippen molar-refractivity contribution >= 4 is 17.6 Å². The van der Waals surface area contributed by atoms with E-state index in [0.29, 0.717) is 23.8 Å². The molecule has 0 aliphatic carbocycles. The standard InChI is InChI=1S/C18H16N2O5/c21-17(19-8-12-5-6-15-16(7-12)24-11-23-15)9-20-10-18(22)25-14-4-2-1-3-13(14)20/h1-7H,8-11H2,(H,19,21). The number of hydrogen-bond donors (Lipinski definition) is 1. The second-order valence-electron chi connectivity index (χ2n) is 5.76. The molecule has 7 nitrogen and oxygen atoms in total. The minimum atomic E-state index is -0.373. The van der Waals surface area contributed by atoms with Gasteiger partial charge in [0, 0.05) is 6.54 Å². The predicted octanol–water partition coefficient (Wildman–Crippen LogP) is 1.46. The van der Waals surface area contributed by atoms with Crippen LogP contribution in [0.2, 0.25) is 0 Å². The monoisotopic (exact) mass is 340 g/mol. The van der Waals surface area contributed by atoms with Gasteiger partial charge in [0.05, 0.1) is 12.2 Å². The SMILES string of the molecule is O=C(CN1CC(=O)Oc2ccccc21)NCc1ccc2c(c1)OCO2. The highest BCUT2D eigenvalue weighted by molar-refractivity contribution is 5.89. The number of ether oxygens (including phenoxy) is 3. The van der Waals surface area contributed by atoms with Crippen molar-refractivity contribution in [1.29, 1.82) is 0 Å². The number of carbonyl (C=O) groups excluding carboxylic acids is 2. The molecule has 0 unspecified atom stereocenters. The van der Waals surface area contributed by atoms with E-state index < -0.39 is 0 Å². The largest absolute Gasteiger partial charge is 0.454 e. The number of benzene rings is 2. The number of anilines is 1. The number of nitrogens with one attached hydrogen (secondary N) is 1. The molecule has 1 amide bonds. The number of amides is 1. The van der Waals surface area contributed by atoms with Gasteiger partial charge in [0.2, 0.25) is 12.7 Å². The smallest absolute Gasteiger partial charge is 0.331 e. The van der Waals surface area contributed by atoms with Crippen LogP contribution in [-0.4, -0.2) is 31.8 Å². The first kappa shape index (κ1) is 15.3. The second kappa shape index (κ2) is 6.35. The molecule has 0 atom stereocenters. The molecule has 0 saturated carbocycles. The average Bonchev–Trinajstić information content (AvgIpc) is 3.07. The molecule has 2 aromatic carbocycles. The molecule has 1 N–H and O–H groups in total. The third-order valence-electron chi connectivity index (χ3n) is 4.01. The van der Waals surface area contributed by atoms with Crippen LogP contribution < -0.4 is 24.4 Å². The summed E-state index contributed by atoms with van der Waals surface area (Å²) < 4.78 is 15.8. The molecule has 0 radical (unpaired) electrons. The van der Waals surface area contributed by atoms with Crippen LogP contribution >= 0.6 is 0 Å². The lowest BCUT2D eigenvalue weighted by Crippen LogP contribution is -2.43. The van der Waals surface area contributed by atoms with Gasteiger partial charge in [-0.25, -0.2) is 4.79 Å². The highest BCUT2D eigenvalue weighted by atomic mass is 16.7. The molecular weight excluding hydrogens is 324 g/mol. The van der Waals surface area contributed by atoms with Crippen LogP contribution in [0, 0.1) is 0 Å². The highest BCUT2D eigenvalue weighted by Gasteiger charge is 2.25. The summed E-state index contributed by atoms with van der Waals surface area (Å²) in [6.07, 6.45) is 0. The lowest BCUT2D eigenvalue weighted by molar-refractivity contribution is -0.133. The molecule has 0 bridgehead atoms. The van der Waals surface area contributed by atoms with Gasteiger partial charge >= 0.3 is 5.97 Å². The Morgan fingerprint density at radius 2 is 1.92 bits per heavy atom. The number of nitrogens with zero attached hydrogens (tertiary/aromatic N) is 1. The first-order valence-electron chi connectivity index (χ1n) is 7.89. The van der Waals surface area contributed by atoms with Crippen molar-refractivity contribution in [3.05, 3.63) is 48.0 Å². The Morgan fingerprint density at radius 3 is 2.84 bits per heavy atom. The zero-order valence-electron chi connectivity index (χ0n) is 13.4. The molecule has 0 aromatic heterocycles. The minimum Gasteiger partial charge on any atom is -0.454 e. The third kappa shape index (κ3) is 3.21. The molecule has 0 saturated heterocycles. The van der Waals surface area contributed by atoms with E-state index in [1.165, 1.54) is 0 Å². The van der Waals surface area contributed by atoms with Gasteiger partial charge in [-0.2, -0.15) is 0 Å². The minimum absolute atomic E-state index is 0.0501. The fraction of sp³-hybridized carbons (Fsp3) is 0.222. The lowest BCUT2D eigenvalue weighted by atomic mass is 10.2. The number of hydrogen-bond acceptors (Lipinski definition) is 6. The van der Waals surface area contributed by atoms with Crippen LogP contribution in [0.15, 0.2) is 42.5 Å². The van der Waals surface area contributed by atoms with Crippen molar-refractivity contribution in [2.75, 3.05) is 24.8 Å². The lowest BCUT2D eigenvalue weighted by Gasteiger charge is -2.29. The van der Waals surface area contributed by atoms with E-state index in [4.69, 9.17) is 14.2 Å².